The molecule has 2 nitrogen and oxygen atoms in total. The standard InChI is InChI=1S/C10H15FN2/c1-8(12)6-7-13-10-4-2-9(11)3-5-10/h2-5,8,13H,6-7,12H2,1H3. The third kappa shape index (κ3) is 3.90. The van der Waals surface area contributed by atoms with E-state index in [-0.39, 0.29) is 11.9 Å². The van der Waals surface area contributed by atoms with Gasteiger partial charge in [0.25, 0.3) is 0 Å². The third-order valence-electron chi connectivity index (χ3n) is 1.77. The average Bonchev–Trinajstić information content (AvgIpc) is 2.08. The predicted octanol–water partition coefficient (Wildman–Crippen LogP) is 1.97. The van der Waals surface area contributed by atoms with Gasteiger partial charge in [0.1, 0.15) is 5.82 Å². The van der Waals surface area contributed by atoms with Crippen molar-refractivity contribution in [1.29, 1.82) is 0 Å². The molecule has 0 amide bonds. The molecule has 0 bridgehead atoms. The fourth-order valence-corrected chi connectivity index (χ4v) is 1.01. The van der Waals surface area contributed by atoms with Crippen molar-refractivity contribution in [3.05, 3.63) is 30.1 Å². The van der Waals surface area contributed by atoms with Gasteiger partial charge in [-0.15, -0.1) is 0 Å². The molecule has 0 aliphatic heterocycles. The van der Waals surface area contributed by atoms with Crippen LogP contribution in [0, 0.1) is 5.82 Å². The van der Waals surface area contributed by atoms with Gasteiger partial charge in [-0.25, -0.2) is 4.39 Å². The fourth-order valence-electron chi connectivity index (χ4n) is 1.01. The van der Waals surface area contributed by atoms with Crippen molar-refractivity contribution in [3.8, 4) is 0 Å². The zero-order valence-corrected chi connectivity index (χ0v) is 7.76. The Morgan fingerprint density at radius 3 is 2.54 bits per heavy atom. The van der Waals surface area contributed by atoms with E-state index in [2.05, 4.69) is 5.32 Å². The van der Waals surface area contributed by atoms with Crippen LogP contribution in [0.25, 0.3) is 0 Å². The minimum absolute atomic E-state index is 0.202. The monoisotopic (exact) mass is 182 g/mol. The molecule has 0 aliphatic rings. The summed E-state index contributed by atoms with van der Waals surface area (Å²) in [5.41, 5.74) is 6.51. The van der Waals surface area contributed by atoms with Crippen LogP contribution in [0.15, 0.2) is 24.3 Å². The van der Waals surface area contributed by atoms with E-state index in [1.54, 1.807) is 12.1 Å². The van der Waals surface area contributed by atoms with Gasteiger partial charge in [-0.1, -0.05) is 0 Å². The molecule has 3 heteroatoms. The van der Waals surface area contributed by atoms with Gasteiger partial charge in [-0.3, -0.25) is 0 Å². The lowest BCUT2D eigenvalue weighted by atomic mass is 10.2. The Labute approximate surface area is 77.9 Å². The molecule has 0 heterocycles. The predicted molar refractivity (Wildman–Crippen MR) is 53.2 cm³/mol. The van der Waals surface area contributed by atoms with Crippen molar-refractivity contribution in [2.75, 3.05) is 11.9 Å². The van der Waals surface area contributed by atoms with Crippen molar-refractivity contribution in [2.45, 2.75) is 19.4 Å². The van der Waals surface area contributed by atoms with Gasteiger partial charge in [0.05, 0.1) is 0 Å². The van der Waals surface area contributed by atoms with Crippen LogP contribution in [0.3, 0.4) is 0 Å². The second-order valence-corrected chi connectivity index (χ2v) is 3.20. The van der Waals surface area contributed by atoms with Gasteiger partial charge in [0.15, 0.2) is 0 Å². The Kier molecular flexibility index (Phi) is 3.71. The molecule has 0 aliphatic carbocycles. The highest BCUT2D eigenvalue weighted by Crippen LogP contribution is 2.07. The number of halogens is 1. The zero-order valence-electron chi connectivity index (χ0n) is 7.76. The van der Waals surface area contributed by atoms with Crippen LogP contribution in [0.5, 0.6) is 0 Å². The van der Waals surface area contributed by atoms with Crippen molar-refractivity contribution in [3.63, 3.8) is 0 Å². The molecule has 1 unspecified atom stereocenters. The third-order valence-corrected chi connectivity index (χ3v) is 1.77. The first-order valence-corrected chi connectivity index (χ1v) is 4.43. The topological polar surface area (TPSA) is 38.0 Å². The van der Waals surface area contributed by atoms with Crippen molar-refractivity contribution < 1.29 is 4.39 Å². The van der Waals surface area contributed by atoms with E-state index in [0.717, 1.165) is 18.7 Å². The van der Waals surface area contributed by atoms with Crippen LogP contribution in [-0.2, 0) is 0 Å². The highest BCUT2D eigenvalue weighted by atomic mass is 19.1. The SMILES string of the molecule is CC(N)CCNc1ccc(F)cc1. The second-order valence-electron chi connectivity index (χ2n) is 3.20. The molecule has 0 fully saturated rings. The van der Waals surface area contributed by atoms with Crippen LogP contribution in [-0.4, -0.2) is 12.6 Å². The molecule has 0 saturated heterocycles. The number of nitrogens with two attached hydrogens (primary N) is 1. The molecule has 0 aromatic heterocycles. The van der Waals surface area contributed by atoms with Gasteiger partial charge in [-0.2, -0.15) is 0 Å². The first-order chi connectivity index (χ1) is 6.18. The molecular formula is C10H15FN2. The summed E-state index contributed by atoms with van der Waals surface area (Å²) in [6.45, 7) is 2.79. The normalized spacial score (nSPS) is 12.5. The van der Waals surface area contributed by atoms with E-state index < -0.39 is 0 Å². The summed E-state index contributed by atoms with van der Waals surface area (Å²) in [6.07, 6.45) is 0.914. The van der Waals surface area contributed by atoms with E-state index in [0.29, 0.717) is 0 Å². The zero-order chi connectivity index (χ0) is 9.68. The summed E-state index contributed by atoms with van der Waals surface area (Å²) < 4.78 is 12.5. The summed E-state index contributed by atoms with van der Waals surface area (Å²) >= 11 is 0. The lowest BCUT2D eigenvalue weighted by Gasteiger charge is -2.07. The number of hydrogen-bond acceptors (Lipinski definition) is 2. The Morgan fingerprint density at radius 2 is 2.00 bits per heavy atom. The first kappa shape index (κ1) is 9.99. The molecule has 1 aromatic rings. The fraction of sp³-hybridized carbons (Fsp3) is 0.400. The van der Waals surface area contributed by atoms with Crippen molar-refractivity contribution >= 4 is 5.69 Å². The molecular weight excluding hydrogens is 167 g/mol. The quantitative estimate of drug-likeness (QED) is 0.747. The summed E-state index contributed by atoms with van der Waals surface area (Å²) in [6, 6.07) is 6.52. The molecule has 0 saturated carbocycles. The molecule has 72 valence electrons. The number of hydrogen-bond donors (Lipinski definition) is 2. The van der Waals surface area contributed by atoms with E-state index in [9.17, 15) is 4.39 Å². The van der Waals surface area contributed by atoms with Crippen LogP contribution >= 0.6 is 0 Å². The molecule has 13 heavy (non-hydrogen) atoms. The van der Waals surface area contributed by atoms with Crippen LogP contribution in [0.4, 0.5) is 10.1 Å². The first-order valence-electron chi connectivity index (χ1n) is 4.43. The number of rotatable bonds is 4. The summed E-state index contributed by atoms with van der Waals surface area (Å²) in [4.78, 5) is 0. The van der Waals surface area contributed by atoms with Gasteiger partial charge in [0, 0.05) is 18.3 Å². The molecule has 1 atom stereocenters. The molecule has 1 rings (SSSR count). The maximum absolute atomic E-state index is 12.5. The molecule has 3 N–H and O–H groups in total. The van der Waals surface area contributed by atoms with Gasteiger partial charge >= 0.3 is 0 Å². The van der Waals surface area contributed by atoms with Gasteiger partial charge in [0.2, 0.25) is 0 Å². The maximum atomic E-state index is 12.5. The Hall–Kier alpha value is -1.09. The Morgan fingerprint density at radius 1 is 1.38 bits per heavy atom. The lowest BCUT2D eigenvalue weighted by molar-refractivity contribution is 0.628. The maximum Gasteiger partial charge on any atom is 0.123 e. The number of anilines is 1. The molecule has 0 spiro atoms. The molecule has 0 radical (unpaired) electrons. The summed E-state index contributed by atoms with van der Waals surface area (Å²) in [5, 5.41) is 3.16. The average molecular weight is 182 g/mol. The van der Waals surface area contributed by atoms with E-state index in [4.69, 9.17) is 5.73 Å². The van der Waals surface area contributed by atoms with E-state index in [1.807, 2.05) is 6.92 Å². The Bertz CT molecular complexity index is 244. The van der Waals surface area contributed by atoms with Crippen LogP contribution in [0.2, 0.25) is 0 Å². The minimum atomic E-state index is -0.210. The largest absolute Gasteiger partial charge is 0.385 e. The smallest absolute Gasteiger partial charge is 0.123 e. The van der Waals surface area contributed by atoms with Crippen LogP contribution in [0.1, 0.15) is 13.3 Å². The highest BCUT2D eigenvalue weighted by molar-refractivity contribution is 5.42. The van der Waals surface area contributed by atoms with E-state index >= 15 is 0 Å². The van der Waals surface area contributed by atoms with E-state index in [1.165, 1.54) is 12.1 Å². The summed E-state index contributed by atoms with van der Waals surface area (Å²) in [7, 11) is 0. The van der Waals surface area contributed by atoms with Gasteiger partial charge in [-0.05, 0) is 37.6 Å². The van der Waals surface area contributed by atoms with Crippen molar-refractivity contribution in [1.82, 2.24) is 0 Å². The minimum Gasteiger partial charge on any atom is -0.385 e. The van der Waals surface area contributed by atoms with Gasteiger partial charge < -0.3 is 11.1 Å². The van der Waals surface area contributed by atoms with Crippen LogP contribution < -0.4 is 11.1 Å². The second kappa shape index (κ2) is 4.82. The number of nitrogens with one attached hydrogen (secondary N) is 1. The van der Waals surface area contributed by atoms with Crippen molar-refractivity contribution in [2.24, 2.45) is 5.73 Å². The lowest BCUT2D eigenvalue weighted by Crippen LogP contribution is -2.19. The molecule has 1 aromatic carbocycles. The number of benzene rings is 1. The summed E-state index contributed by atoms with van der Waals surface area (Å²) in [5.74, 6) is -0.210. The highest BCUT2D eigenvalue weighted by Gasteiger charge is 1.94. The Balaban J connectivity index is 2.33.